The van der Waals surface area contributed by atoms with Gasteiger partial charge in [0.05, 0.1) is 15.2 Å². The summed E-state index contributed by atoms with van der Waals surface area (Å²) in [4.78, 5) is 23.8. The molecule has 1 amide bonds. The van der Waals surface area contributed by atoms with Crippen LogP contribution in [0.4, 0.5) is 0 Å². The molecule has 0 fully saturated rings. The zero-order valence-electron chi connectivity index (χ0n) is 9.46. The smallest absolute Gasteiger partial charge is 0.261 e. The normalized spacial score (nSPS) is 11.2. The van der Waals surface area contributed by atoms with Crippen LogP contribution in [0.15, 0.2) is 15.9 Å². The van der Waals surface area contributed by atoms with Crippen molar-refractivity contribution >= 4 is 39.0 Å². The Bertz CT molecular complexity index is 406. The monoisotopic (exact) mass is 303 g/mol. The molecule has 88 valence electrons. The number of rotatable bonds is 3. The van der Waals surface area contributed by atoms with Gasteiger partial charge in [0.2, 0.25) is 0 Å². The highest BCUT2D eigenvalue weighted by Crippen LogP contribution is 2.21. The summed E-state index contributed by atoms with van der Waals surface area (Å²) in [6, 6.07) is 3.54. The summed E-state index contributed by atoms with van der Waals surface area (Å²) in [5.41, 5.74) is -0.413. The first-order valence-corrected chi connectivity index (χ1v) is 6.48. The largest absolute Gasteiger partial charge is 0.344 e. The lowest BCUT2D eigenvalue weighted by Gasteiger charge is -2.16. The maximum Gasteiger partial charge on any atom is 0.261 e. The van der Waals surface area contributed by atoms with E-state index < -0.39 is 5.41 Å². The fraction of sp³-hybridized carbons (Fsp3) is 0.455. The first kappa shape index (κ1) is 13.4. The van der Waals surface area contributed by atoms with E-state index in [0.717, 1.165) is 3.79 Å². The average molecular weight is 304 g/mol. The molecule has 3 nitrogen and oxygen atoms in total. The molecule has 0 aliphatic heterocycles. The minimum atomic E-state index is -0.413. The topological polar surface area (TPSA) is 46.2 Å². The van der Waals surface area contributed by atoms with Crippen molar-refractivity contribution in [2.45, 2.75) is 20.8 Å². The fourth-order valence-corrected chi connectivity index (χ4v) is 2.25. The third kappa shape index (κ3) is 3.72. The highest BCUT2D eigenvalue weighted by atomic mass is 79.9. The fourth-order valence-electron chi connectivity index (χ4n) is 0.949. The third-order valence-electron chi connectivity index (χ3n) is 2.04. The van der Waals surface area contributed by atoms with E-state index in [1.807, 2.05) is 26.8 Å². The Balaban J connectivity index is 2.51. The van der Waals surface area contributed by atoms with Gasteiger partial charge in [-0.05, 0) is 28.1 Å². The maximum absolute atomic E-state index is 11.6. The van der Waals surface area contributed by atoms with Crippen LogP contribution in [-0.4, -0.2) is 18.2 Å². The number of hydrogen-bond acceptors (Lipinski definition) is 3. The average Bonchev–Trinajstić information content (AvgIpc) is 2.59. The van der Waals surface area contributed by atoms with E-state index in [-0.39, 0.29) is 18.2 Å². The molecule has 0 saturated carbocycles. The van der Waals surface area contributed by atoms with E-state index in [1.54, 1.807) is 6.07 Å². The van der Waals surface area contributed by atoms with Crippen LogP contribution in [0, 0.1) is 5.41 Å². The van der Waals surface area contributed by atoms with Crippen molar-refractivity contribution in [1.29, 1.82) is 0 Å². The summed E-state index contributed by atoms with van der Waals surface area (Å²) in [6.45, 7) is 5.59. The first-order chi connectivity index (χ1) is 7.30. The van der Waals surface area contributed by atoms with Crippen molar-refractivity contribution in [3.8, 4) is 0 Å². The second-order valence-electron chi connectivity index (χ2n) is 4.46. The number of halogens is 1. The lowest BCUT2D eigenvalue weighted by molar-refractivity contribution is -0.125. The second kappa shape index (κ2) is 5.10. The molecule has 0 bridgehead atoms. The van der Waals surface area contributed by atoms with Gasteiger partial charge in [0.1, 0.15) is 0 Å². The molecule has 16 heavy (non-hydrogen) atoms. The van der Waals surface area contributed by atoms with E-state index in [4.69, 9.17) is 0 Å². The van der Waals surface area contributed by atoms with Crippen molar-refractivity contribution in [1.82, 2.24) is 5.32 Å². The zero-order chi connectivity index (χ0) is 12.3. The van der Waals surface area contributed by atoms with Gasteiger partial charge in [0, 0.05) is 5.41 Å². The SMILES string of the molecule is CC(C)(C)C(=O)CNC(=O)c1ccc(Br)s1. The van der Waals surface area contributed by atoms with E-state index in [2.05, 4.69) is 21.2 Å². The standard InChI is InChI=1S/C11H14BrNO2S/c1-11(2,3)8(14)6-13-10(15)7-4-5-9(12)16-7/h4-5H,6H2,1-3H3,(H,13,15). The van der Waals surface area contributed by atoms with E-state index >= 15 is 0 Å². The Labute approximate surface area is 107 Å². The molecular formula is C11H14BrNO2S. The molecule has 0 saturated heterocycles. The second-order valence-corrected chi connectivity index (χ2v) is 6.92. The van der Waals surface area contributed by atoms with Crippen LogP contribution in [0.2, 0.25) is 0 Å². The number of carbonyl (C=O) groups is 2. The number of amides is 1. The molecular weight excluding hydrogens is 290 g/mol. The van der Waals surface area contributed by atoms with Gasteiger partial charge in [0.25, 0.3) is 5.91 Å². The Morgan fingerprint density at radius 2 is 2.00 bits per heavy atom. The molecule has 0 aliphatic carbocycles. The van der Waals surface area contributed by atoms with Crippen molar-refractivity contribution in [2.75, 3.05) is 6.54 Å². The molecule has 0 radical (unpaired) electrons. The summed E-state index contributed by atoms with van der Waals surface area (Å²) in [7, 11) is 0. The van der Waals surface area contributed by atoms with Gasteiger partial charge in [-0.3, -0.25) is 9.59 Å². The van der Waals surface area contributed by atoms with Crippen molar-refractivity contribution in [3.05, 3.63) is 20.8 Å². The Morgan fingerprint density at radius 3 is 2.44 bits per heavy atom. The zero-order valence-corrected chi connectivity index (χ0v) is 11.9. The Kier molecular flexibility index (Phi) is 4.27. The summed E-state index contributed by atoms with van der Waals surface area (Å²) in [5.74, 6) is -0.176. The summed E-state index contributed by atoms with van der Waals surface area (Å²) in [5, 5.41) is 2.62. The van der Waals surface area contributed by atoms with Crippen LogP contribution in [0.5, 0.6) is 0 Å². The number of thiophene rings is 1. The van der Waals surface area contributed by atoms with Gasteiger partial charge in [-0.15, -0.1) is 11.3 Å². The molecule has 1 N–H and O–H groups in total. The lowest BCUT2D eigenvalue weighted by Crippen LogP contribution is -2.35. The van der Waals surface area contributed by atoms with E-state index in [1.165, 1.54) is 11.3 Å². The molecule has 0 aliphatic rings. The molecule has 0 unspecified atom stereocenters. The van der Waals surface area contributed by atoms with Gasteiger partial charge < -0.3 is 5.32 Å². The molecule has 0 aromatic carbocycles. The van der Waals surface area contributed by atoms with Gasteiger partial charge in [-0.2, -0.15) is 0 Å². The van der Waals surface area contributed by atoms with E-state index in [9.17, 15) is 9.59 Å². The van der Waals surface area contributed by atoms with Crippen LogP contribution in [0.3, 0.4) is 0 Å². The molecule has 1 heterocycles. The first-order valence-electron chi connectivity index (χ1n) is 4.87. The number of hydrogen-bond donors (Lipinski definition) is 1. The van der Waals surface area contributed by atoms with E-state index in [0.29, 0.717) is 4.88 Å². The van der Waals surface area contributed by atoms with Crippen LogP contribution < -0.4 is 5.32 Å². The van der Waals surface area contributed by atoms with Gasteiger partial charge >= 0.3 is 0 Å². The Hall–Kier alpha value is -0.680. The van der Waals surface area contributed by atoms with Gasteiger partial charge in [-0.1, -0.05) is 20.8 Å². The number of carbonyl (C=O) groups excluding carboxylic acids is 2. The van der Waals surface area contributed by atoms with Crippen LogP contribution in [-0.2, 0) is 4.79 Å². The van der Waals surface area contributed by atoms with Crippen molar-refractivity contribution < 1.29 is 9.59 Å². The molecule has 5 heteroatoms. The maximum atomic E-state index is 11.6. The quantitative estimate of drug-likeness (QED) is 0.933. The third-order valence-corrected chi connectivity index (χ3v) is 3.67. The molecule has 1 aromatic heterocycles. The van der Waals surface area contributed by atoms with Crippen LogP contribution in [0.1, 0.15) is 30.4 Å². The predicted octanol–water partition coefficient (Wildman–Crippen LogP) is 2.86. The molecule has 0 atom stereocenters. The van der Waals surface area contributed by atoms with Crippen molar-refractivity contribution in [3.63, 3.8) is 0 Å². The molecule has 1 aromatic rings. The van der Waals surface area contributed by atoms with Crippen molar-refractivity contribution in [2.24, 2.45) is 5.41 Å². The number of Topliss-reactive ketones (excluding diaryl/α,β-unsaturated/α-hetero) is 1. The summed E-state index contributed by atoms with van der Waals surface area (Å²) < 4.78 is 0.903. The Morgan fingerprint density at radius 1 is 1.38 bits per heavy atom. The summed E-state index contributed by atoms with van der Waals surface area (Å²) >= 11 is 4.63. The number of nitrogens with one attached hydrogen (secondary N) is 1. The predicted molar refractivity (Wildman–Crippen MR) is 68.8 cm³/mol. The molecule has 1 rings (SSSR count). The van der Waals surface area contributed by atoms with Gasteiger partial charge in [0.15, 0.2) is 5.78 Å². The minimum Gasteiger partial charge on any atom is -0.344 e. The highest BCUT2D eigenvalue weighted by Gasteiger charge is 2.21. The lowest BCUT2D eigenvalue weighted by atomic mass is 9.91. The highest BCUT2D eigenvalue weighted by molar-refractivity contribution is 9.11. The van der Waals surface area contributed by atoms with Gasteiger partial charge in [-0.25, -0.2) is 0 Å². The number of ketones is 1. The molecule has 0 spiro atoms. The summed E-state index contributed by atoms with van der Waals surface area (Å²) in [6.07, 6.45) is 0. The van der Waals surface area contributed by atoms with Crippen LogP contribution >= 0.6 is 27.3 Å². The minimum absolute atomic E-state index is 0.0245. The van der Waals surface area contributed by atoms with Crippen LogP contribution in [0.25, 0.3) is 0 Å².